The van der Waals surface area contributed by atoms with E-state index in [1.54, 1.807) is 12.1 Å². The number of carbonyl (C=O) groups is 1. The van der Waals surface area contributed by atoms with Crippen molar-refractivity contribution in [2.24, 2.45) is 5.73 Å². The van der Waals surface area contributed by atoms with Gasteiger partial charge in [-0.25, -0.2) is 13.1 Å². The van der Waals surface area contributed by atoms with Crippen molar-refractivity contribution in [3.05, 3.63) is 53.6 Å². The van der Waals surface area contributed by atoms with E-state index >= 15 is 0 Å². The third-order valence-corrected chi connectivity index (χ3v) is 6.18. The first kappa shape index (κ1) is 20.4. The molecular formula is C18H23N3O3S2. The highest BCUT2D eigenvalue weighted by Gasteiger charge is 2.14. The average molecular weight is 394 g/mol. The van der Waals surface area contributed by atoms with Crippen LogP contribution in [0.2, 0.25) is 0 Å². The van der Waals surface area contributed by atoms with Crippen LogP contribution in [0.1, 0.15) is 11.1 Å². The molecule has 0 aromatic heterocycles. The molecule has 0 radical (unpaired) electrons. The second-order valence-electron chi connectivity index (χ2n) is 5.82. The van der Waals surface area contributed by atoms with Gasteiger partial charge in [-0.15, -0.1) is 11.8 Å². The third-order valence-electron chi connectivity index (χ3n) is 3.57. The number of amides is 1. The summed E-state index contributed by atoms with van der Waals surface area (Å²) in [7, 11) is -3.63. The Balaban J connectivity index is 2.01. The summed E-state index contributed by atoms with van der Waals surface area (Å²) in [5.41, 5.74) is 8.02. The van der Waals surface area contributed by atoms with Gasteiger partial charge in [-0.3, -0.25) is 4.79 Å². The third kappa shape index (κ3) is 5.84. The SMILES string of the molecule is Cc1ccc(C)c(SCC(=O)Nc2cccc(S(=O)(=O)NCCN)c2)c1. The molecule has 0 spiro atoms. The summed E-state index contributed by atoms with van der Waals surface area (Å²) in [6, 6.07) is 12.2. The lowest BCUT2D eigenvalue weighted by molar-refractivity contribution is -0.113. The molecule has 4 N–H and O–H groups in total. The fourth-order valence-electron chi connectivity index (χ4n) is 2.22. The zero-order chi connectivity index (χ0) is 19.2. The molecule has 0 fully saturated rings. The average Bonchev–Trinajstić information content (AvgIpc) is 2.61. The summed E-state index contributed by atoms with van der Waals surface area (Å²) in [6.07, 6.45) is 0. The van der Waals surface area contributed by atoms with E-state index in [9.17, 15) is 13.2 Å². The van der Waals surface area contributed by atoms with Gasteiger partial charge >= 0.3 is 0 Å². The Morgan fingerprint density at radius 2 is 1.92 bits per heavy atom. The minimum absolute atomic E-state index is 0.0888. The largest absolute Gasteiger partial charge is 0.329 e. The van der Waals surface area contributed by atoms with Gasteiger partial charge in [0.05, 0.1) is 10.6 Å². The summed E-state index contributed by atoms with van der Waals surface area (Å²) in [6.45, 7) is 4.38. The monoisotopic (exact) mass is 393 g/mol. The molecule has 0 saturated heterocycles. The van der Waals surface area contributed by atoms with Gasteiger partial charge in [0, 0.05) is 23.7 Å². The van der Waals surface area contributed by atoms with Gasteiger partial charge in [0.1, 0.15) is 0 Å². The zero-order valence-electron chi connectivity index (χ0n) is 14.8. The Morgan fingerprint density at radius 3 is 2.65 bits per heavy atom. The normalized spacial score (nSPS) is 11.3. The second-order valence-corrected chi connectivity index (χ2v) is 8.60. The number of benzene rings is 2. The van der Waals surface area contributed by atoms with Crippen LogP contribution in [0.25, 0.3) is 0 Å². The van der Waals surface area contributed by atoms with Crippen molar-refractivity contribution in [2.75, 3.05) is 24.2 Å². The van der Waals surface area contributed by atoms with E-state index in [0.717, 1.165) is 16.0 Å². The molecule has 0 heterocycles. The van der Waals surface area contributed by atoms with Crippen LogP contribution in [0, 0.1) is 13.8 Å². The molecule has 140 valence electrons. The van der Waals surface area contributed by atoms with Gasteiger partial charge in [-0.05, 0) is 43.7 Å². The Kier molecular flexibility index (Phi) is 7.22. The number of anilines is 1. The number of nitrogens with one attached hydrogen (secondary N) is 2. The molecule has 2 aromatic carbocycles. The summed E-state index contributed by atoms with van der Waals surface area (Å²) < 4.78 is 26.6. The van der Waals surface area contributed by atoms with E-state index in [2.05, 4.69) is 10.0 Å². The van der Waals surface area contributed by atoms with Crippen LogP contribution in [-0.2, 0) is 14.8 Å². The molecule has 0 atom stereocenters. The molecule has 0 bridgehead atoms. The van der Waals surface area contributed by atoms with Crippen molar-refractivity contribution in [3.8, 4) is 0 Å². The van der Waals surface area contributed by atoms with Crippen LogP contribution < -0.4 is 15.8 Å². The number of hydrogen-bond acceptors (Lipinski definition) is 5. The fraction of sp³-hybridized carbons (Fsp3) is 0.278. The summed E-state index contributed by atoms with van der Waals surface area (Å²) in [4.78, 5) is 13.3. The smallest absolute Gasteiger partial charge is 0.240 e. The lowest BCUT2D eigenvalue weighted by Crippen LogP contribution is -2.29. The zero-order valence-corrected chi connectivity index (χ0v) is 16.4. The molecule has 0 saturated carbocycles. The van der Waals surface area contributed by atoms with Crippen molar-refractivity contribution >= 4 is 33.4 Å². The number of sulfonamides is 1. The van der Waals surface area contributed by atoms with Crippen LogP contribution in [-0.4, -0.2) is 33.2 Å². The van der Waals surface area contributed by atoms with Gasteiger partial charge in [-0.1, -0.05) is 23.8 Å². The van der Waals surface area contributed by atoms with E-state index in [-0.39, 0.29) is 29.6 Å². The van der Waals surface area contributed by atoms with E-state index in [1.165, 1.54) is 23.9 Å². The molecule has 2 rings (SSSR count). The molecule has 0 aliphatic heterocycles. The maximum absolute atomic E-state index is 12.2. The van der Waals surface area contributed by atoms with Gasteiger partial charge in [-0.2, -0.15) is 0 Å². The first-order chi connectivity index (χ1) is 12.3. The number of thioether (sulfide) groups is 1. The molecule has 8 heteroatoms. The lowest BCUT2D eigenvalue weighted by atomic mass is 10.2. The van der Waals surface area contributed by atoms with Crippen molar-refractivity contribution in [1.29, 1.82) is 0 Å². The molecule has 0 aliphatic rings. The summed E-state index contributed by atoms with van der Waals surface area (Å²) in [5, 5.41) is 2.74. The minimum atomic E-state index is -3.63. The highest BCUT2D eigenvalue weighted by atomic mass is 32.2. The highest BCUT2D eigenvalue weighted by molar-refractivity contribution is 8.00. The predicted molar refractivity (Wildman–Crippen MR) is 106 cm³/mol. The van der Waals surface area contributed by atoms with Gasteiger partial charge < -0.3 is 11.1 Å². The number of rotatable bonds is 8. The minimum Gasteiger partial charge on any atom is -0.329 e. The van der Waals surface area contributed by atoms with E-state index in [1.807, 2.05) is 32.0 Å². The van der Waals surface area contributed by atoms with Crippen LogP contribution in [0.3, 0.4) is 0 Å². The number of hydrogen-bond donors (Lipinski definition) is 3. The first-order valence-corrected chi connectivity index (χ1v) is 10.6. The number of aryl methyl sites for hydroxylation is 2. The second kappa shape index (κ2) is 9.18. The van der Waals surface area contributed by atoms with Gasteiger partial charge in [0.25, 0.3) is 0 Å². The van der Waals surface area contributed by atoms with Crippen molar-refractivity contribution in [1.82, 2.24) is 4.72 Å². The van der Waals surface area contributed by atoms with E-state index in [4.69, 9.17) is 5.73 Å². The Morgan fingerprint density at radius 1 is 1.15 bits per heavy atom. The van der Waals surface area contributed by atoms with E-state index < -0.39 is 10.0 Å². The summed E-state index contributed by atoms with van der Waals surface area (Å²) >= 11 is 1.45. The number of nitrogens with two attached hydrogens (primary N) is 1. The van der Waals surface area contributed by atoms with E-state index in [0.29, 0.717) is 5.69 Å². The lowest BCUT2D eigenvalue weighted by Gasteiger charge is -2.10. The molecule has 0 aliphatic carbocycles. The van der Waals surface area contributed by atoms with Crippen LogP contribution in [0.4, 0.5) is 5.69 Å². The highest BCUT2D eigenvalue weighted by Crippen LogP contribution is 2.24. The number of carbonyl (C=O) groups excluding carboxylic acids is 1. The first-order valence-electron chi connectivity index (χ1n) is 8.11. The molecule has 6 nitrogen and oxygen atoms in total. The van der Waals surface area contributed by atoms with Gasteiger partial charge in [0.15, 0.2) is 0 Å². The quantitative estimate of drug-likeness (QED) is 0.597. The molecular weight excluding hydrogens is 370 g/mol. The van der Waals surface area contributed by atoms with Crippen LogP contribution in [0.15, 0.2) is 52.3 Å². The predicted octanol–water partition coefficient (Wildman–Crippen LogP) is 2.27. The summed E-state index contributed by atoms with van der Waals surface area (Å²) in [5.74, 6) is 0.0487. The molecule has 2 aromatic rings. The fourth-order valence-corrected chi connectivity index (χ4v) is 4.24. The van der Waals surface area contributed by atoms with Crippen LogP contribution >= 0.6 is 11.8 Å². The van der Waals surface area contributed by atoms with Crippen molar-refractivity contribution in [2.45, 2.75) is 23.6 Å². The molecule has 0 unspecified atom stereocenters. The van der Waals surface area contributed by atoms with Crippen molar-refractivity contribution in [3.63, 3.8) is 0 Å². The standard InChI is InChI=1S/C18H23N3O3S2/c1-13-6-7-14(2)17(10-13)25-12-18(22)21-15-4-3-5-16(11-15)26(23,24)20-9-8-19/h3-7,10-11,20H,8-9,12,19H2,1-2H3,(H,21,22). The maximum Gasteiger partial charge on any atom is 0.240 e. The molecule has 26 heavy (non-hydrogen) atoms. The van der Waals surface area contributed by atoms with Crippen molar-refractivity contribution < 1.29 is 13.2 Å². The maximum atomic E-state index is 12.2. The molecule has 1 amide bonds. The topological polar surface area (TPSA) is 101 Å². The van der Waals surface area contributed by atoms with Crippen LogP contribution in [0.5, 0.6) is 0 Å². The Labute approximate surface area is 158 Å². The van der Waals surface area contributed by atoms with Gasteiger partial charge in [0.2, 0.25) is 15.9 Å². The Hall–Kier alpha value is -1.87. The Bertz CT molecular complexity index is 883.